The van der Waals surface area contributed by atoms with Crippen LogP contribution in [0.15, 0.2) is 29.6 Å². The molecule has 4 heteroatoms. The first-order chi connectivity index (χ1) is 8.08. The van der Waals surface area contributed by atoms with E-state index in [2.05, 4.69) is 5.32 Å². The highest BCUT2D eigenvalue weighted by molar-refractivity contribution is 7.12. The molecule has 2 N–H and O–H groups in total. The summed E-state index contributed by atoms with van der Waals surface area (Å²) in [5, 5.41) is 14.1. The number of hydrogen-bond acceptors (Lipinski definition) is 3. The number of nitrogens with one attached hydrogen (secondary N) is 1. The molecule has 0 radical (unpaired) electrons. The third-order valence-electron chi connectivity index (χ3n) is 2.52. The predicted octanol–water partition coefficient (Wildman–Crippen LogP) is 3.32. The summed E-state index contributed by atoms with van der Waals surface area (Å²) < 4.78 is 0. The molecule has 0 aliphatic heterocycles. The number of anilines is 1. The number of benzene rings is 1. The fraction of sp³-hybridized carbons (Fsp3) is 0.154. The molecule has 0 fully saturated rings. The Balaban J connectivity index is 2.19. The van der Waals surface area contributed by atoms with E-state index < -0.39 is 0 Å². The Morgan fingerprint density at radius 2 is 2.00 bits per heavy atom. The van der Waals surface area contributed by atoms with E-state index in [9.17, 15) is 9.90 Å². The highest BCUT2D eigenvalue weighted by atomic mass is 32.1. The number of thiophene rings is 1. The predicted molar refractivity (Wildman–Crippen MR) is 69.9 cm³/mol. The topological polar surface area (TPSA) is 49.3 Å². The molecule has 0 unspecified atom stereocenters. The van der Waals surface area contributed by atoms with Crippen molar-refractivity contribution in [3.63, 3.8) is 0 Å². The number of phenols is 1. The second-order valence-electron chi connectivity index (χ2n) is 3.89. The molecular weight excluding hydrogens is 234 g/mol. The Morgan fingerprint density at radius 1 is 1.24 bits per heavy atom. The zero-order valence-electron chi connectivity index (χ0n) is 9.65. The molecule has 0 spiro atoms. The number of aryl methyl sites for hydroxylation is 2. The monoisotopic (exact) mass is 247 g/mol. The van der Waals surface area contributed by atoms with E-state index in [-0.39, 0.29) is 11.7 Å². The van der Waals surface area contributed by atoms with Gasteiger partial charge in [-0.05, 0) is 54.6 Å². The summed E-state index contributed by atoms with van der Waals surface area (Å²) in [5.74, 6) is 0.123. The summed E-state index contributed by atoms with van der Waals surface area (Å²) in [6, 6.07) is 6.92. The molecule has 3 nitrogen and oxygen atoms in total. The van der Waals surface area contributed by atoms with Crippen molar-refractivity contribution < 1.29 is 9.90 Å². The summed E-state index contributed by atoms with van der Waals surface area (Å²) in [5.41, 5.74) is 2.41. The maximum Gasteiger partial charge on any atom is 0.265 e. The van der Waals surface area contributed by atoms with Crippen molar-refractivity contribution >= 4 is 22.9 Å². The van der Waals surface area contributed by atoms with E-state index in [0.717, 1.165) is 16.0 Å². The van der Waals surface area contributed by atoms with Crippen molar-refractivity contribution in [1.82, 2.24) is 0 Å². The average molecular weight is 247 g/mol. The third-order valence-corrected chi connectivity index (χ3v) is 3.54. The minimum Gasteiger partial charge on any atom is -0.508 e. The molecule has 0 bridgehead atoms. The Morgan fingerprint density at radius 3 is 2.59 bits per heavy atom. The van der Waals surface area contributed by atoms with Gasteiger partial charge in [0.1, 0.15) is 5.75 Å². The number of carbonyl (C=O) groups excluding carboxylic acids is 1. The van der Waals surface area contributed by atoms with Gasteiger partial charge in [-0.3, -0.25) is 4.79 Å². The quantitative estimate of drug-likeness (QED) is 0.800. The standard InChI is InChI=1S/C13H13NO2S/c1-8-5-6-17-12(8)13(16)14-10-3-4-11(15)9(2)7-10/h3-7,15H,1-2H3,(H,14,16). The van der Waals surface area contributed by atoms with Crippen LogP contribution < -0.4 is 5.32 Å². The molecule has 2 rings (SSSR count). The second kappa shape index (κ2) is 4.59. The fourth-order valence-electron chi connectivity index (χ4n) is 1.53. The Bertz CT molecular complexity index is 560. The van der Waals surface area contributed by atoms with Crippen molar-refractivity contribution in [2.24, 2.45) is 0 Å². The van der Waals surface area contributed by atoms with Crippen molar-refractivity contribution in [2.45, 2.75) is 13.8 Å². The lowest BCUT2D eigenvalue weighted by Crippen LogP contribution is -2.11. The second-order valence-corrected chi connectivity index (χ2v) is 4.80. The molecule has 0 atom stereocenters. The van der Waals surface area contributed by atoms with Gasteiger partial charge in [-0.2, -0.15) is 0 Å². The SMILES string of the molecule is Cc1cc(NC(=O)c2sccc2C)ccc1O. The summed E-state index contributed by atoms with van der Waals surface area (Å²) in [6.45, 7) is 3.70. The van der Waals surface area contributed by atoms with Gasteiger partial charge in [0.2, 0.25) is 0 Å². The smallest absolute Gasteiger partial charge is 0.265 e. The average Bonchev–Trinajstić information content (AvgIpc) is 2.70. The Kier molecular flexibility index (Phi) is 3.15. The Hall–Kier alpha value is -1.81. The first kappa shape index (κ1) is 11.7. The molecule has 0 aliphatic rings. The van der Waals surface area contributed by atoms with Gasteiger partial charge in [-0.15, -0.1) is 11.3 Å². The lowest BCUT2D eigenvalue weighted by Gasteiger charge is -2.06. The van der Waals surface area contributed by atoms with Gasteiger partial charge in [-0.25, -0.2) is 0 Å². The van der Waals surface area contributed by atoms with Crippen LogP contribution in [-0.2, 0) is 0 Å². The Labute approximate surface area is 104 Å². The molecule has 1 heterocycles. The van der Waals surface area contributed by atoms with Crippen molar-refractivity contribution in [3.05, 3.63) is 45.6 Å². The first-order valence-electron chi connectivity index (χ1n) is 5.23. The van der Waals surface area contributed by atoms with E-state index in [4.69, 9.17) is 0 Å². The largest absolute Gasteiger partial charge is 0.508 e. The maximum atomic E-state index is 11.9. The van der Waals surface area contributed by atoms with Crippen molar-refractivity contribution in [3.8, 4) is 5.75 Å². The van der Waals surface area contributed by atoms with Crippen LogP contribution in [0.3, 0.4) is 0 Å². The number of aromatic hydroxyl groups is 1. The lowest BCUT2D eigenvalue weighted by atomic mass is 10.2. The maximum absolute atomic E-state index is 11.9. The minimum atomic E-state index is -0.109. The lowest BCUT2D eigenvalue weighted by molar-refractivity contribution is 0.103. The molecule has 17 heavy (non-hydrogen) atoms. The van der Waals surface area contributed by atoms with Gasteiger partial charge in [0, 0.05) is 5.69 Å². The summed E-state index contributed by atoms with van der Waals surface area (Å²) in [6.07, 6.45) is 0. The summed E-state index contributed by atoms with van der Waals surface area (Å²) >= 11 is 1.42. The van der Waals surface area contributed by atoms with Gasteiger partial charge >= 0.3 is 0 Å². The van der Waals surface area contributed by atoms with E-state index in [1.165, 1.54) is 11.3 Å². The first-order valence-corrected chi connectivity index (χ1v) is 6.11. The minimum absolute atomic E-state index is 0.109. The number of phenolic OH excluding ortho intramolecular Hbond substituents is 1. The fourth-order valence-corrected chi connectivity index (χ4v) is 2.35. The van der Waals surface area contributed by atoms with Crippen LogP contribution in [0.5, 0.6) is 5.75 Å². The number of rotatable bonds is 2. The zero-order valence-corrected chi connectivity index (χ0v) is 10.5. The third kappa shape index (κ3) is 2.47. The molecule has 1 aromatic carbocycles. The molecule has 88 valence electrons. The van der Waals surface area contributed by atoms with Crippen LogP contribution in [0, 0.1) is 13.8 Å². The molecule has 0 saturated carbocycles. The van der Waals surface area contributed by atoms with E-state index in [1.54, 1.807) is 25.1 Å². The summed E-state index contributed by atoms with van der Waals surface area (Å²) in [4.78, 5) is 12.6. The molecule has 1 amide bonds. The van der Waals surface area contributed by atoms with Crippen LogP contribution in [-0.4, -0.2) is 11.0 Å². The number of amides is 1. The van der Waals surface area contributed by atoms with E-state index in [0.29, 0.717) is 5.69 Å². The van der Waals surface area contributed by atoms with E-state index in [1.807, 2.05) is 18.4 Å². The molecule has 0 saturated heterocycles. The van der Waals surface area contributed by atoms with E-state index >= 15 is 0 Å². The van der Waals surface area contributed by atoms with Crippen molar-refractivity contribution in [1.29, 1.82) is 0 Å². The van der Waals surface area contributed by atoms with Crippen LogP contribution in [0.2, 0.25) is 0 Å². The van der Waals surface area contributed by atoms with Gasteiger partial charge in [0.25, 0.3) is 5.91 Å². The summed E-state index contributed by atoms with van der Waals surface area (Å²) in [7, 11) is 0. The normalized spacial score (nSPS) is 10.2. The van der Waals surface area contributed by atoms with Crippen LogP contribution >= 0.6 is 11.3 Å². The van der Waals surface area contributed by atoms with Crippen LogP contribution in [0.4, 0.5) is 5.69 Å². The zero-order chi connectivity index (χ0) is 12.4. The van der Waals surface area contributed by atoms with Gasteiger partial charge < -0.3 is 10.4 Å². The highest BCUT2D eigenvalue weighted by Gasteiger charge is 2.10. The van der Waals surface area contributed by atoms with Gasteiger partial charge in [-0.1, -0.05) is 0 Å². The van der Waals surface area contributed by atoms with Crippen LogP contribution in [0.1, 0.15) is 20.8 Å². The molecular formula is C13H13NO2S. The number of carbonyl (C=O) groups is 1. The number of hydrogen-bond donors (Lipinski definition) is 2. The molecule has 2 aromatic rings. The molecule has 0 aliphatic carbocycles. The van der Waals surface area contributed by atoms with Crippen LogP contribution in [0.25, 0.3) is 0 Å². The van der Waals surface area contributed by atoms with Crippen molar-refractivity contribution in [2.75, 3.05) is 5.32 Å². The highest BCUT2D eigenvalue weighted by Crippen LogP contribution is 2.22. The van der Waals surface area contributed by atoms with Gasteiger partial charge in [0.15, 0.2) is 0 Å². The van der Waals surface area contributed by atoms with Gasteiger partial charge in [0.05, 0.1) is 4.88 Å². The molecule has 1 aromatic heterocycles.